The molecule has 1 aliphatic rings. The van der Waals surface area contributed by atoms with E-state index in [0.29, 0.717) is 16.5 Å². The predicted molar refractivity (Wildman–Crippen MR) is 140 cm³/mol. The number of benzene rings is 3. The molecule has 0 bridgehead atoms. The Balaban J connectivity index is 1.65. The Bertz CT molecular complexity index is 1630. The molecule has 3 aromatic carbocycles. The van der Waals surface area contributed by atoms with Gasteiger partial charge in [-0.25, -0.2) is 0 Å². The second kappa shape index (κ2) is 9.43. The normalized spacial score (nSPS) is 15.1. The Kier molecular flexibility index (Phi) is 6.15. The molecule has 7 heteroatoms. The maximum atomic E-state index is 14.6. The van der Waals surface area contributed by atoms with Crippen LogP contribution in [-0.4, -0.2) is 38.3 Å². The number of hydrogen-bond acceptors (Lipinski definition) is 4. The summed E-state index contributed by atoms with van der Waals surface area (Å²) in [5.74, 6) is -1.28. The molecule has 36 heavy (non-hydrogen) atoms. The van der Waals surface area contributed by atoms with E-state index < -0.39 is 11.8 Å². The second-order valence-electron chi connectivity index (χ2n) is 8.30. The van der Waals surface area contributed by atoms with Gasteiger partial charge in [0.15, 0.2) is 0 Å². The van der Waals surface area contributed by atoms with Crippen LogP contribution in [0.2, 0.25) is 0 Å². The summed E-state index contributed by atoms with van der Waals surface area (Å²) in [7, 11) is 1.39. The van der Waals surface area contributed by atoms with Gasteiger partial charge in [-0.1, -0.05) is 0 Å². The van der Waals surface area contributed by atoms with Crippen LogP contribution >= 0.6 is 0 Å². The molecule has 0 radical (unpaired) electrons. The number of anilines is 3. The van der Waals surface area contributed by atoms with Gasteiger partial charge in [-0.2, -0.15) is 0 Å². The van der Waals surface area contributed by atoms with Crippen molar-refractivity contribution >= 4 is 59.1 Å². The zero-order valence-electron chi connectivity index (χ0n) is 19.5. The summed E-state index contributed by atoms with van der Waals surface area (Å²) in [5, 5.41) is 10.8. The molecule has 0 aliphatic carbocycles. The molecule has 0 spiro atoms. The average Bonchev–Trinajstić information content (AvgIpc) is 3.36. The fourth-order valence-electron chi connectivity index (χ4n) is 4.28. The SMILES string of the molecule is CC1=C(C#N)C(=O)N(C)C(=O)/C1=C/c1ccc(N(c2ccccc2)c2ccc(F)c3ccccc23)[se]1. The Morgan fingerprint density at radius 2 is 1.61 bits per heavy atom. The molecular formula is C29H20FN3O2Se. The predicted octanol–water partition coefficient (Wildman–Crippen LogP) is 5.73. The summed E-state index contributed by atoms with van der Waals surface area (Å²) in [6.45, 7) is 1.63. The quantitative estimate of drug-likeness (QED) is 0.189. The molecule has 0 unspecified atom stereocenters. The van der Waals surface area contributed by atoms with Gasteiger partial charge in [0.1, 0.15) is 0 Å². The molecule has 5 rings (SSSR count). The first-order valence-electron chi connectivity index (χ1n) is 11.2. The summed E-state index contributed by atoms with van der Waals surface area (Å²) in [4.78, 5) is 28.2. The number of fused-ring (bicyclic) bond motifs is 1. The molecule has 5 nitrogen and oxygen atoms in total. The molecule has 0 saturated carbocycles. The fraction of sp³-hybridized carbons (Fsp3) is 0.0690. The Morgan fingerprint density at radius 1 is 0.917 bits per heavy atom. The van der Waals surface area contributed by atoms with Crippen LogP contribution in [-0.2, 0) is 9.59 Å². The molecule has 2 heterocycles. The molecule has 2 amide bonds. The molecule has 0 saturated heterocycles. The van der Waals surface area contributed by atoms with E-state index in [0.717, 1.165) is 30.7 Å². The standard InChI is InChI=1S/C29H20FN3O2Se/c1-18-23(28(34)32(2)29(35)24(18)17-31)16-20-12-15-27(36-20)33(19-8-4-3-5-9-19)26-14-13-25(30)21-10-6-7-11-22(21)26/h3-16H,1-2H3/b23-16+. The third-order valence-corrected chi connectivity index (χ3v) is 8.30. The number of rotatable bonds is 4. The summed E-state index contributed by atoms with van der Waals surface area (Å²) in [6, 6.07) is 26.4. The van der Waals surface area contributed by atoms with Gasteiger partial charge in [0.2, 0.25) is 0 Å². The summed E-state index contributed by atoms with van der Waals surface area (Å²) < 4.78 is 16.5. The van der Waals surface area contributed by atoms with E-state index in [4.69, 9.17) is 0 Å². The zero-order valence-corrected chi connectivity index (χ0v) is 21.2. The zero-order chi connectivity index (χ0) is 25.4. The van der Waals surface area contributed by atoms with E-state index in [9.17, 15) is 19.2 Å². The van der Waals surface area contributed by atoms with Gasteiger partial charge < -0.3 is 0 Å². The van der Waals surface area contributed by atoms with E-state index >= 15 is 0 Å². The van der Waals surface area contributed by atoms with Crippen molar-refractivity contribution in [2.75, 3.05) is 11.9 Å². The molecular weight excluding hydrogens is 520 g/mol. The Morgan fingerprint density at radius 3 is 2.33 bits per heavy atom. The van der Waals surface area contributed by atoms with Crippen molar-refractivity contribution in [3.05, 3.63) is 106 Å². The first-order valence-corrected chi connectivity index (χ1v) is 12.9. The van der Waals surface area contributed by atoms with Crippen LogP contribution in [0.3, 0.4) is 0 Å². The van der Waals surface area contributed by atoms with Gasteiger partial charge in [0, 0.05) is 0 Å². The Hall–Kier alpha value is -4.24. The minimum atomic E-state index is -0.583. The van der Waals surface area contributed by atoms with E-state index in [-0.39, 0.29) is 25.9 Å². The van der Waals surface area contributed by atoms with Crippen LogP contribution in [0.4, 0.5) is 20.3 Å². The van der Waals surface area contributed by atoms with Crippen LogP contribution in [0, 0.1) is 17.1 Å². The first kappa shape index (κ1) is 23.5. The van der Waals surface area contributed by atoms with Gasteiger partial charge in [-0.15, -0.1) is 0 Å². The monoisotopic (exact) mass is 541 g/mol. The molecule has 176 valence electrons. The van der Waals surface area contributed by atoms with Gasteiger partial charge in [0.05, 0.1) is 0 Å². The molecule has 1 aliphatic heterocycles. The number of carbonyl (C=O) groups excluding carboxylic acids is 2. The fourth-order valence-corrected chi connectivity index (χ4v) is 6.35. The van der Waals surface area contributed by atoms with Crippen molar-refractivity contribution in [2.24, 2.45) is 0 Å². The topological polar surface area (TPSA) is 64.4 Å². The van der Waals surface area contributed by atoms with Crippen LogP contribution in [0.25, 0.3) is 16.8 Å². The number of amides is 2. The first-order chi connectivity index (χ1) is 17.4. The molecule has 0 N–H and O–H groups in total. The third-order valence-electron chi connectivity index (χ3n) is 6.17. The molecule has 4 aromatic rings. The van der Waals surface area contributed by atoms with Crippen molar-refractivity contribution in [1.82, 2.24) is 4.90 Å². The van der Waals surface area contributed by atoms with Gasteiger partial charge in [-0.3, -0.25) is 0 Å². The average molecular weight is 540 g/mol. The number of nitriles is 1. The molecule has 0 atom stereocenters. The van der Waals surface area contributed by atoms with Crippen LogP contribution < -0.4 is 4.90 Å². The van der Waals surface area contributed by atoms with Gasteiger partial charge >= 0.3 is 214 Å². The maximum absolute atomic E-state index is 14.6. The van der Waals surface area contributed by atoms with Crippen LogP contribution in [0.1, 0.15) is 11.4 Å². The van der Waals surface area contributed by atoms with Crippen molar-refractivity contribution in [2.45, 2.75) is 6.92 Å². The number of para-hydroxylation sites is 1. The third kappa shape index (κ3) is 3.97. The summed E-state index contributed by atoms with van der Waals surface area (Å²) >= 11 is -0.203. The number of carbonyl (C=O) groups is 2. The second-order valence-corrected chi connectivity index (χ2v) is 10.6. The van der Waals surface area contributed by atoms with Gasteiger partial charge in [0.25, 0.3) is 0 Å². The van der Waals surface area contributed by atoms with Crippen molar-refractivity contribution in [1.29, 1.82) is 5.26 Å². The number of imide groups is 1. The van der Waals surface area contributed by atoms with E-state index in [1.807, 2.05) is 66.7 Å². The summed E-state index contributed by atoms with van der Waals surface area (Å²) in [5.41, 5.74) is 2.50. The number of nitrogens with zero attached hydrogens (tertiary/aromatic N) is 3. The summed E-state index contributed by atoms with van der Waals surface area (Å²) in [6.07, 6.45) is 1.77. The van der Waals surface area contributed by atoms with Gasteiger partial charge in [-0.05, 0) is 0 Å². The number of hydrogen-bond donors (Lipinski definition) is 0. The molecule has 1 aromatic heterocycles. The van der Waals surface area contributed by atoms with E-state index in [1.165, 1.54) is 13.1 Å². The molecule has 0 fully saturated rings. The van der Waals surface area contributed by atoms with Crippen molar-refractivity contribution in [3.8, 4) is 6.07 Å². The minimum absolute atomic E-state index is 0.0219. The van der Waals surface area contributed by atoms with Crippen molar-refractivity contribution < 1.29 is 14.0 Å². The van der Waals surface area contributed by atoms with E-state index in [1.54, 1.807) is 25.1 Å². The van der Waals surface area contributed by atoms with Crippen LogP contribution in [0.5, 0.6) is 0 Å². The Labute approximate surface area is 213 Å². The van der Waals surface area contributed by atoms with E-state index in [2.05, 4.69) is 4.90 Å². The van der Waals surface area contributed by atoms with Crippen LogP contribution in [0.15, 0.2) is 95.6 Å². The number of halogens is 1. The van der Waals surface area contributed by atoms with Crippen molar-refractivity contribution in [3.63, 3.8) is 0 Å². The number of likely N-dealkylation sites (N-methyl/N-ethyl adjacent to an activating group) is 1.